The molecule has 0 aromatic carbocycles. The molecule has 0 spiro atoms. The zero-order valence-electron chi connectivity index (χ0n) is 10.7. The second kappa shape index (κ2) is 5.46. The Morgan fingerprint density at radius 1 is 1.47 bits per heavy atom. The summed E-state index contributed by atoms with van der Waals surface area (Å²) in [4.78, 5) is 11.3. The number of aliphatic hydroxyl groups excluding tert-OH is 1. The monoisotopic (exact) mass is 324 g/mol. The van der Waals surface area contributed by atoms with Gasteiger partial charge in [0.25, 0.3) is 0 Å². The first kappa shape index (κ1) is 12.9. The lowest BCUT2D eigenvalue weighted by molar-refractivity contribution is 0.244. The van der Waals surface area contributed by atoms with E-state index < -0.39 is 0 Å². The summed E-state index contributed by atoms with van der Waals surface area (Å²) >= 11 is 3.45. The molecule has 19 heavy (non-hydrogen) atoms. The molecule has 1 aliphatic heterocycles. The predicted octanol–water partition coefficient (Wildman–Crippen LogP) is 2.09. The highest BCUT2D eigenvalue weighted by molar-refractivity contribution is 9.10. The molecule has 2 aromatic rings. The lowest BCUT2D eigenvalue weighted by Crippen LogP contribution is -2.36. The second-order valence-electron chi connectivity index (χ2n) is 5.01. The zero-order chi connectivity index (χ0) is 13.2. The first-order valence-corrected chi connectivity index (χ1v) is 7.42. The molecule has 3 rings (SSSR count). The molecule has 6 heteroatoms. The SMILES string of the molecule is OCCC1CCCN(c2nc(Br)cn3ccnc23)C1. The number of nitrogens with zero attached hydrogens (tertiary/aromatic N) is 4. The van der Waals surface area contributed by atoms with Crippen LogP contribution in [0.1, 0.15) is 19.3 Å². The number of anilines is 1. The lowest BCUT2D eigenvalue weighted by atomic mass is 9.95. The molecule has 102 valence electrons. The van der Waals surface area contributed by atoms with Crippen molar-refractivity contribution in [1.82, 2.24) is 14.4 Å². The van der Waals surface area contributed by atoms with Crippen LogP contribution < -0.4 is 4.90 Å². The van der Waals surface area contributed by atoms with E-state index in [0.29, 0.717) is 5.92 Å². The van der Waals surface area contributed by atoms with Crippen LogP contribution in [0.15, 0.2) is 23.2 Å². The van der Waals surface area contributed by atoms with E-state index in [1.807, 2.05) is 16.8 Å². The largest absolute Gasteiger partial charge is 0.396 e. The van der Waals surface area contributed by atoms with Crippen molar-refractivity contribution < 1.29 is 5.11 Å². The second-order valence-corrected chi connectivity index (χ2v) is 5.82. The van der Waals surface area contributed by atoms with E-state index in [9.17, 15) is 0 Å². The van der Waals surface area contributed by atoms with E-state index in [-0.39, 0.29) is 6.61 Å². The molecule has 0 aliphatic carbocycles. The predicted molar refractivity (Wildman–Crippen MR) is 77.3 cm³/mol. The molecule has 1 saturated heterocycles. The van der Waals surface area contributed by atoms with Gasteiger partial charge in [0.1, 0.15) is 4.60 Å². The Balaban J connectivity index is 1.92. The maximum absolute atomic E-state index is 9.10. The van der Waals surface area contributed by atoms with E-state index in [4.69, 9.17) is 5.11 Å². The van der Waals surface area contributed by atoms with Crippen LogP contribution in [0.4, 0.5) is 5.82 Å². The van der Waals surface area contributed by atoms with Gasteiger partial charge in [-0.2, -0.15) is 0 Å². The van der Waals surface area contributed by atoms with Crippen molar-refractivity contribution in [1.29, 1.82) is 0 Å². The highest BCUT2D eigenvalue weighted by Crippen LogP contribution is 2.27. The standard InChI is InChI=1S/C13H17BrN4O/c14-11-9-18-6-4-15-12(18)13(16-11)17-5-1-2-10(8-17)3-7-19/h4,6,9-10,19H,1-3,5,7-8H2. The molecule has 1 unspecified atom stereocenters. The number of fused-ring (bicyclic) bond motifs is 1. The Labute approximate surface area is 120 Å². The molecule has 3 heterocycles. The number of hydrogen-bond donors (Lipinski definition) is 1. The molecule has 5 nitrogen and oxygen atoms in total. The fourth-order valence-electron chi connectivity index (χ4n) is 2.77. The number of hydrogen-bond acceptors (Lipinski definition) is 4. The number of piperidine rings is 1. The summed E-state index contributed by atoms with van der Waals surface area (Å²) in [5, 5.41) is 9.10. The Hall–Kier alpha value is -1.14. The minimum absolute atomic E-state index is 0.267. The van der Waals surface area contributed by atoms with Crippen molar-refractivity contribution in [2.75, 3.05) is 24.6 Å². The summed E-state index contributed by atoms with van der Waals surface area (Å²) in [6.07, 6.45) is 8.85. The van der Waals surface area contributed by atoms with Gasteiger partial charge in [0, 0.05) is 38.3 Å². The molecule has 0 radical (unpaired) electrons. The van der Waals surface area contributed by atoms with E-state index in [1.165, 1.54) is 6.42 Å². The van der Waals surface area contributed by atoms with Gasteiger partial charge in [-0.3, -0.25) is 0 Å². The molecule has 0 saturated carbocycles. The van der Waals surface area contributed by atoms with Crippen molar-refractivity contribution in [3.8, 4) is 0 Å². The molecular weight excluding hydrogens is 308 g/mol. The molecule has 1 N–H and O–H groups in total. The van der Waals surface area contributed by atoms with E-state index in [1.54, 1.807) is 6.20 Å². The number of aromatic nitrogens is 3. The quantitative estimate of drug-likeness (QED) is 0.939. The van der Waals surface area contributed by atoms with Crippen molar-refractivity contribution in [2.45, 2.75) is 19.3 Å². The number of rotatable bonds is 3. The van der Waals surface area contributed by atoms with Crippen LogP contribution in [0.2, 0.25) is 0 Å². The van der Waals surface area contributed by atoms with Crippen molar-refractivity contribution in [3.63, 3.8) is 0 Å². The highest BCUT2D eigenvalue weighted by Gasteiger charge is 2.23. The van der Waals surface area contributed by atoms with Gasteiger partial charge in [-0.1, -0.05) is 0 Å². The summed E-state index contributed by atoms with van der Waals surface area (Å²) < 4.78 is 2.81. The van der Waals surface area contributed by atoms with Crippen LogP contribution in [0, 0.1) is 5.92 Å². The van der Waals surface area contributed by atoms with Crippen molar-refractivity contribution >= 4 is 27.4 Å². The van der Waals surface area contributed by atoms with E-state index >= 15 is 0 Å². The zero-order valence-corrected chi connectivity index (χ0v) is 12.3. The van der Waals surface area contributed by atoms with Gasteiger partial charge in [0.15, 0.2) is 11.5 Å². The maximum atomic E-state index is 9.10. The molecule has 1 fully saturated rings. The molecule has 1 aliphatic rings. The Morgan fingerprint density at radius 3 is 3.21 bits per heavy atom. The Kier molecular flexibility index (Phi) is 3.70. The average molecular weight is 325 g/mol. The average Bonchev–Trinajstić information content (AvgIpc) is 2.86. The van der Waals surface area contributed by atoms with Crippen LogP contribution >= 0.6 is 15.9 Å². The van der Waals surface area contributed by atoms with E-state index in [2.05, 4.69) is 30.8 Å². The van der Waals surface area contributed by atoms with Crippen LogP contribution in [-0.4, -0.2) is 39.2 Å². The van der Waals surface area contributed by atoms with Crippen molar-refractivity contribution in [2.24, 2.45) is 5.92 Å². The first-order chi connectivity index (χ1) is 9.28. The number of aliphatic hydroxyl groups is 1. The number of imidazole rings is 1. The lowest BCUT2D eigenvalue weighted by Gasteiger charge is -2.33. The Morgan fingerprint density at radius 2 is 2.37 bits per heavy atom. The minimum Gasteiger partial charge on any atom is -0.396 e. The van der Waals surface area contributed by atoms with Gasteiger partial charge >= 0.3 is 0 Å². The Bertz CT molecular complexity index is 569. The molecule has 1 atom stereocenters. The third-order valence-corrected chi connectivity index (χ3v) is 4.06. The van der Waals surface area contributed by atoms with Crippen LogP contribution in [-0.2, 0) is 0 Å². The van der Waals surface area contributed by atoms with Crippen LogP contribution in [0.25, 0.3) is 5.65 Å². The summed E-state index contributed by atoms with van der Waals surface area (Å²) in [7, 11) is 0. The van der Waals surface area contributed by atoms with Gasteiger partial charge < -0.3 is 14.4 Å². The molecule has 2 aromatic heterocycles. The highest BCUT2D eigenvalue weighted by atomic mass is 79.9. The summed E-state index contributed by atoms with van der Waals surface area (Å²) in [5.74, 6) is 1.48. The summed E-state index contributed by atoms with van der Waals surface area (Å²) in [6.45, 7) is 2.23. The minimum atomic E-state index is 0.267. The first-order valence-electron chi connectivity index (χ1n) is 6.63. The fourth-order valence-corrected chi connectivity index (χ4v) is 3.16. The molecule has 0 amide bonds. The van der Waals surface area contributed by atoms with Crippen LogP contribution in [0.3, 0.4) is 0 Å². The third kappa shape index (κ3) is 2.60. The fraction of sp³-hybridized carbons (Fsp3) is 0.538. The van der Waals surface area contributed by atoms with Crippen LogP contribution in [0.5, 0.6) is 0 Å². The van der Waals surface area contributed by atoms with Gasteiger partial charge in [0.2, 0.25) is 0 Å². The molecular formula is C13H17BrN4O. The van der Waals surface area contributed by atoms with Gasteiger partial charge in [-0.05, 0) is 41.1 Å². The van der Waals surface area contributed by atoms with E-state index in [0.717, 1.165) is 42.0 Å². The number of halogens is 1. The molecule has 0 bridgehead atoms. The normalized spacial score (nSPS) is 20.1. The summed E-state index contributed by atoms with van der Waals surface area (Å²) in [5.41, 5.74) is 0.896. The smallest absolute Gasteiger partial charge is 0.180 e. The maximum Gasteiger partial charge on any atom is 0.180 e. The van der Waals surface area contributed by atoms with Crippen molar-refractivity contribution in [3.05, 3.63) is 23.2 Å². The third-order valence-electron chi connectivity index (χ3n) is 3.68. The van der Waals surface area contributed by atoms with Gasteiger partial charge in [-0.25, -0.2) is 9.97 Å². The summed E-state index contributed by atoms with van der Waals surface area (Å²) in [6, 6.07) is 0. The topological polar surface area (TPSA) is 53.7 Å². The van der Waals surface area contributed by atoms with Gasteiger partial charge in [-0.15, -0.1) is 0 Å². The van der Waals surface area contributed by atoms with Gasteiger partial charge in [0.05, 0.1) is 0 Å².